The Labute approximate surface area is 114 Å². The number of carbonyl (C=O) groups excluding carboxylic acids is 2. The molecule has 2 rings (SSSR count). The molecule has 0 aromatic rings. The Morgan fingerprint density at radius 1 is 1.21 bits per heavy atom. The van der Waals surface area contributed by atoms with Gasteiger partial charge >= 0.3 is 0 Å². The largest absolute Gasteiger partial charge is 0.352 e. The molecule has 0 radical (unpaired) electrons. The molecule has 6 heteroatoms. The molecular formula is C13H24N4O2. The van der Waals surface area contributed by atoms with Crippen LogP contribution in [0.2, 0.25) is 0 Å². The lowest BCUT2D eigenvalue weighted by Gasteiger charge is -2.30. The highest BCUT2D eigenvalue weighted by atomic mass is 16.2. The maximum Gasteiger partial charge on any atom is 0.236 e. The van der Waals surface area contributed by atoms with Crippen molar-refractivity contribution in [3.05, 3.63) is 0 Å². The second kappa shape index (κ2) is 6.34. The number of nitrogens with zero attached hydrogens (tertiary/aromatic N) is 2. The third kappa shape index (κ3) is 4.18. The number of amides is 2. The molecule has 0 saturated carbocycles. The van der Waals surface area contributed by atoms with E-state index in [0.717, 1.165) is 38.9 Å². The Morgan fingerprint density at radius 3 is 2.53 bits per heavy atom. The summed E-state index contributed by atoms with van der Waals surface area (Å²) in [5.74, 6) is 0.146. The molecular weight excluding hydrogens is 244 g/mol. The first kappa shape index (κ1) is 14.3. The van der Waals surface area contributed by atoms with Crippen molar-refractivity contribution in [2.24, 2.45) is 5.73 Å². The monoisotopic (exact) mass is 268 g/mol. The molecule has 19 heavy (non-hydrogen) atoms. The van der Waals surface area contributed by atoms with Crippen LogP contribution < -0.4 is 11.1 Å². The summed E-state index contributed by atoms with van der Waals surface area (Å²) < 4.78 is 0. The third-order valence-electron chi connectivity index (χ3n) is 3.94. The third-order valence-corrected chi connectivity index (χ3v) is 3.94. The van der Waals surface area contributed by atoms with Gasteiger partial charge in [-0.2, -0.15) is 0 Å². The Kier molecular flexibility index (Phi) is 4.76. The standard InChI is InChI=1S/C13H24N4O2/c1-10(18)15-12-4-7-17(8-12)13(19)9-16-5-2-11(14)3-6-16/h11-12H,2-9,14H2,1H3,(H,15,18). The Balaban J connectivity index is 1.73. The molecule has 2 amide bonds. The molecule has 2 aliphatic rings. The van der Waals surface area contributed by atoms with Gasteiger partial charge in [-0.3, -0.25) is 14.5 Å². The number of piperidine rings is 1. The quantitative estimate of drug-likeness (QED) is 0.698. The molecule has 6 nitrogen and oxygen atoms in total. The lowest BCUT2D eigenvalue weighted by Crippen LogP contribution is -2.46. The van der Waals surface area contributed by atoms with Crippen molar-refractivity contribution in [1.82, 2.24) is 15.1 Å². The van der Waals surface area contributed by atoms with E-state index in [0.29, 0.717) is 19.1 Å². The fraction of sp³-hybridized carbons (Fsp3) is 0.846. The number of carbonyl (C=O) groups is 2. The number of nitrogens with one attached hydrogen (secondary N) is 1. The van der Waals surface area contributed by atoms with Crippen LogP contribution in [0.3, 0.4) is 0 Å². The SMILES string of the molecule is CC(=O)NC1CCN(C(=O)CN2CCC(N)CC2)C1. The van der Waals surface area contributed by atoms with Gasteiger partial charge in [0.15, 0.2) is 0 Å². The number of likely N-dealkylation sites (tertiary alicyclic amines) is 2. The molecule has 2 fully saturated rings. The Bertz CT molecular complexity index is 340. The summed E-state index contributed by atoms with van der Waals surface area (Å²) in [6.45, 7) is 5.22. The van der Waals surface area contributed by atoms with Gasteiger partial charge in [-0.25, -0.2) is 0 Å². The van der Waals surface area contributed by atoms with Crippen molar-refractivity contribution in [1.29, 1.82) is 0 Å². The van der Waals surface area contributed by atoms with Gasteiger partial charge in [0.05, 0.1) is 6.54 Å². The summed E-state index contributed by atoms with van der Waals surface area (Å²) in [6, 6.07) is 0.415. The Morgan fingerprint density at radius 2 is 1.89 bits per heavy atom. The molecule has 0 spiro atoms. The van der Waals surface area contributed by atoms with E-state index < -0.39 is 0 Å². The Hall–Kier alpha value is -1.14. The van der Waals surface area contributed by atoms with Crippen molar-refractivity contribution >= 4 is 11.8 Å². The van der Waals surface area contributed by atoms with Crippen LogP contribution in [0, 0.1) is 0 Å². The van der Waals surface area contributed by atoms with Crippen molar-refractivity contribution in [3.63, 3.8) is 0 Å². The topological polar surface area (TPSA) is 78.7 Å². The molecule has 3 N–H and O–H groups in total. The molecule has 0 bridgehead atoms. The second-order valence-corrected chi connectivity index (χ2v) is 5.64. The lowest BCUT2D eigenvalue weighted by molar-refractivity contribution is -0.132. The maximum absolute atomic E-state index is 12.2. The predicted molar refractivity (Wildman–Crippen MR) is 72.5 cm³/mol. The van der Waals surface area contributed by atoms with Crippen molar-refractivity contribution in [2.75, 3.05) is 32.7 Å². The fourth-order valence-corrected chi connectivity index (χ4v) is 2.79. The first-order chi connectivity index (χ1) is 9.04. The molecule has 1 atom stereocenters. The lowest BCUT2D eigenvalue weighted by atomic mass is 10.1. The van der Waals surface area contributed by atoms with Gasteiger partial charge in [0, 0.05) is 45.2 Å². The molecule has 1 unspecified atom stereocenters. The summed E-state index contributed by atoms with van der Waals surface area (Å²) in [4.78, 5) is 27.2. The van der Waals surface area contributed by atoms with Crippen LogP contribution >= 0.6 is 0 Å². The van der Waals surface area contributed by atoms with Crippen molar-refractivity contribution < 1.29 is 9.59 Å². The zero-order chi connectivity index (χ0) is 13.8. The molecule has 2 saturated heterocycles. The van der Waals surface area contributed by atoms with E-state index in [4.69, 9.17) is 5.73 Å². The second-order valence-electron chi connectivity index (χ2n) is 5.64. The smallest absolute Gasteiger partial charge is 0.236 e. The van der Waals surface area contributed by atoms with E-state index in [2.05, 4.69) is 10.2 Å². The summed E-state index contributed by atoms with van der Waals surface area (Å²) in [7, 11) is 0. The highest BCUT2D eigenvalue weighted by molar-refractivity contribution is 5.79. The normalized spacial score (nSPS) is 25.6. The van der Waals surface area contributed by atoms with E-state index >= 15 is 0 Å². The van der Waals surface area contributed by atoms with Crippen LogP contribution in [0.1, 0.15) is 26.2 Å². The minimum atomic E-state index is -0.0238. The van der Waals surface area contributed by atoms with E-state index in [1.54, 1.807) is 0 Å². The van der Waals surface area contributed by atoms with E-state index in [9.17, 15) is 9.59 Å². The van der Waals surface area contributed by atoms with Crippen LogP contribution in [0.25, 0.3) is 0 Å². The zero-order valence-corrected chi connectivity index (χ0v) is 11.6. The van der Waals surface area contributed by atoms with E-state index in [-0.39, 0.29) is 17.9 Å². The molecule has 0 aromatic carbocycles. The van der Waals surface area contributed by atoms with Gasteiger partial charge in [0.1, 0.15) is 0 Å². The molecule has 0 aliphatic carbocycles. The minimum absolute atomic E-state index is 0.0238. The fourth-order valence-electron chi connectivity index (χ4n) is 2.79. The highest BCUT2D eigenvalue weighted by Gasteiger charge is 2.28. The summed E-state index contributed by atoms with van der Waals surface area (Å²) in [5, 5.41) is 2.87. The number of hydrogen-bond donors (Lipinski definition) is 2. The number of hydrogen-bond acceptors (Lipinski definition) is 4. The van der Waals surface area contributed by atoms with Crippen LogP contribution in [0.15, 0.2) is 0 Å². The van der Waals surface area contributed by atoms with Gasteiger partial charge in [0.2, 0.25) is 11.8 Å². The van der Waals surface area contributed by atoms with Crippen LogP contribution in [-0.2, 0) is 9.59 Å². The highest BCUT2D eigenvalue weighted by Crippen LogP contribution is 2.12. The summed E-state index contributed by atoms with van der Waals surface area (Å²) in [6.07, 6.45) is 2.81. The van der Waals surface area contributed by atoms with E-state index in [1.165, 1.54) is 6.92 Å². The average molecular weight is 268 g/mol. The molecule has 0 aromatic heterocycles. The first-order valence-corrected chi connectivity index (χ1v) is 7.07. The van der Waals surface area contributed by atoms with Crippen LogP contribution in [-0.4, -0.2) is 66.4 Å². The van der Waals surface area contributed by atoms with Gasteiger partial charge in [-0.15, -0.1) is 0 Å². The average Bonchev–Trinajstić information content (AvgIpc) is 2.80. The maximum atomic E-state index is 12.2. The van der Waals surface area contributed by atoms with Crippen LogP contribution in [0.4, 0.5) is 0 Å². The van der Waals surface area contributed by atoms with E-state index in [1.807, 2.05) is 4.90 Å². The van der Waals surface area contributed by atoms with Gasteiger partial charge < -0.3 is 16.0 Å². The molecule has 2 aliphatic heterocycles. The molecule has 2 heterocycles. The first-order valence-electron chi connectivity index (χ1n) is 7.07. The van der Waals surface area contributed by atoms with Crippen LogP contribution in [0.5, 0.6) is 0 Å². The summed E-state index contributed by atoms with van der Waals surface area (Å²) >= 11 is 0. The minimum Gasteiger partial charge on any atom is -0.352 e. The van der Waals surface area contributed by atoms with Gasteiger partial charge in [0.25, 0.3) is 0 Å². The van der Waals surface area contributed by atoms with Crippen molar-refractivity contribution in [2.45, 2.75) is 38.3 Å². The number of nitrogens with two attached hydrogens (primary N) is 1. The van der Waals surface area contributed by atoms with Gasteiger partial charge in [-0.05, 0) is 19.3 Å². The number of rotatable bonds is 3. The van der Waals surface area contributed by atoms with Crippen molar-refractivity contribution in [3.8, 4) is 0 Å². The predicted octanol–water partition coefficient (Wildman–Crippen LogP) is -0.853. The van der Waals surface area contributed by atoms with Gasteiger partial charge in [-0.1, -0.05) is 0 Å². The summed E-state index contributed by atoms with van der Waals surface area (Å²) in [5.41, 5.74) is 5.85. The zero-order valence-electron chi connectivity index (χ0n) is 11.6. The molecule has 108 valence electrons.